The van der Waals surface area contributed by atoms with Gasteiger partial charge in [0.1, 0.15) is 5.60 Å². The van der Waals surface area contributed by atoms with Crippen molar-refractivity contribution in [2.45, 2.75) is 68.3 Å². The van der Waals surface area contributed by atoms with Crippen molar-refractivity contribution in [3.63, 3.8) is 0 Å². The number of piperidine rings is 1. The largest absolute Gasteiger partial charge is 0.416 e. The van der Waals surface area contributed by atoms with E-state index in [9.17, 15) is 23.1 Å². The van der Waals surface area contributed by atoms with E-state index in [4.69, 9.17) is 0 Å². The zero-order valence-corrected chi connectivity index (χ0v) is 24.0. The van der Waals surface area contributed by atoms with Gasteiger partial charge in [0.25, 0.3) is 0 Å². The van der Waals surface area contributed by atoms with Gasteiger partial charge in [-0.05, 0) is 87.9 Å². The molecule has 1 atom stereocenters. The molecule has 3 aromatic rings. The van der Waals surface area contributed by atoms with Crippen molar-refractivity contribution in [3.8, 4) is 11.4 Å². The van der Waals surface area contributed by atoms with E-state index in [0.29, 0.717) is 81.8 Å². The molecule has 6 rings (SSSR count). The summed E-state index contributed by atoms with van der Waals surface area (Å²) in [5.41, 5.74) is -0.390. The molecule has 8 nitrogen and oxygen atoms in total. The molecule has 3 fully saturated rings. The van der Waals surface area contributed by atoms with Crippen LogP contribution in [0.3, 0.4) is 0 Å². The monoisotopic (exact) mass is 594 g/mol. The zero-order valence-electron chi connectivity index (χ0n) is 24.0. The number of rotatable bonds is 7. The molecule has 228 valence electrons. The fraction of sp³-hybridized carbons (Fsp3) is 0.500. The third-order valence-electron chi connectivity index (χ3n) is 9.39. The summed E-state index contributed by atoms with van der Waals surface area (Å²) in [5, 5.41) is 18.6. The lowest BCUT2D eigenvalue weighted by Crippen LogP contribution is -2.61. The highest BCUT2D eigenvalue weighted by Gasteiger charge is 2.47. The van der Waals surface area contributed by atoms with Crippen LogP contribution in [0.2, 0.25) is 0 Å². The van der Waals surface area contributed by atoms with Crippen LogP contribution in [0, 0.1) is 5.92 Å². The molecule has 2 aromatic heterocycles. The van der Waals surface area contributed by atoms with Gasteiger partial charge in [-0.1, -0.05) is 6.07 Å². The molecular formula is C32H37F3N6O2. The Bertz CT molecular complexity index is 1400. The third kappa shape index (κ3) is 6.30. The number of aliphatic hydroxyl groups is 1. The number of benzene rings is 1. The molecule has 11 heteroatoms. The molecule has 3 aliphatic rings. The third-order valence-corrected chi connectivity index (χ3v) is 9.39. The number of nitrogens with zero attached hydrogens (tertiary/aromatic N) is 4. The molecule has 3 N–H and O–H groups in total. The maximum Gasteiger partial charge on any atom is 0.416 e. The predicted octanol–water partition coefficient (Wildman–Crippen LogP) is 4.50. The van der Waals surface area contributed by atoms with E-state index in [1.54, 1.807) is 30.7 Å². The maximum atomic E-state index is 14.0. The Hall–Kier alpha value is -3.41. The van der Waals surface area contributed by atoms with Gasteiger partial charge in [-0.3, -0.25) is 9.78 Å². The summed E-state index contributed by atoms with van der Waals surface area (Å²) in [4.78, 5) is 29.0. The summed E-state index contributed by atoms with van der Waals surface area (Å²) in [5.74, 6) is 0.636. The average Bonchev–Trinajstić information content (AvgIpc) is 3.52. The van der Waals surface area contributed by atoms with E-state index in [0.717, 1.165) is 18.2 Å². The van der Waals surface area contributed by atoms with Crippen molar-refractivity contribution in [1.82, 2.24) is 25.6 Å². The first-order valence-corrected chi connectivity index (χ1v) is 15.1. The first-order chi connectivity index (χ1) is 20.7. The number of pyridine rings is 1. The van der Waals surface area contributed by atoms with Crippen molar-refractivity contribution in [3.05, 3.63) is 72.3 Å². The van der Waals surface area contributed by atoms with Crippen LogP contribution in [-0.4, -0.2) is 63.6 Å². The van der Waals surface area contributed by atoms with Crippen LogP contribution in [0.1, 0.15) is 56.2 Å². The number of hydrogen-bond acceptors (Lipinski definition) is 8. The summed E-state index contributed by atoms with van der Waals surface area (Å²) in [6.07, 6.45) is 5.09. The molecule has 1 saturated carbocycles. The summed E-state index contributed by atoms with van der Waals surface area (Å²) >= 11 is 0. The quantitative estimate of drug-likeness (QED) is 0.368. The second-order valence-electron chi connectivity index (χ2n) is 12.1. The van der Waals surface area contributed by atoms with Gasteiger partial charge in [-0.15, -0.1) is 0 Å². The van der Waals surface area contributed by atoms with E-state index in [1.165, 1.54) is 12.1 Å². The van der Waals surface area contributed by atoms with Gasteiger partial charge in [0, 0.05) is 61.4 Å². The Kier molecular flexibility index (Phi) is 8.23. The molecule has 43 heavy (non-hydrogen) atoms. The standard InChI is InChI=1S/C32H37F3N6O2/c33-32(34,35)24-3-1-4-26(19-24)41-17-9-22(10-18-41)28(42)30(13-16-36-21-30)40-25-7-11-31(43,12-8-25)27-6-5-23(20-39-27)29-37-14-2-15-38-29/h1-6,14-15,19-20,22,25,36,40,43H,7-13,16-18,21H2/t25?,30-,31?/m0/s1. The fourth-order valence-corrected chi connectivity index (χ4v) is 6.90. The van der Waals surface area contributed by atoms with Gasteiger partial charge >= 0.3 is 6.18 Å². The number of halogens is 3. The smallest absolute Gasteiger partial charge is 0.384 e. The Morgan fingerprint density at radius 2 is 1.72 bits per heavy atom. The summed E-state index contributed by atoms with van der Waals surface area (Å²) in [6, 6.07) is 11.0. The van der Waals surface area contributed by atoms with Crippen LogP contribution in [0.15, 0.2) is 61.1 Å². The van der Waals surface area contributed by atoms with E-state index in [2.05, 4.69) is 25.6 Å². The van der Waals surface area contributed by atoms with Crippen molar-refractivity contribution in [2.75, 3.05) is 31.1 Å². The SMILES string of the molecule is O=C(C1CCN(c2cccc(C(F)(F)F)c2)CC1)[C@]1(NC2CCC(O)(c3ccc(-c4ncccn4)cn3)CC2)CCNC1. The van der Waals surface area contributed by atoms with Crippen LogP contribution in [0.5, 0.6) is 0 Å². The molecule has 0 unspecified atom stereocenters. The van der Waals surface area contributed by atoms with Crippen LogP contribution in [-0.2, 0) is 16.6 Å². The van der Waals surface area contributed by atoms with Gasteiger partial charge in [-0.2, -0.15) is 13.2 Å². The molecular weight excluding hydrogens is 557 g/mol. The minimum atomic E-state index is -4.38. The Morgan fingerprint density at radius 3 is 2.35 bits per heavy atom. The zero-order chi connectivity index (χ0) is 30.1. The number of Topliss-reactive ketones (excluding diaryl/α,β-unsaturated/α-hetero) is 1. The molecule has 4 heterocycles. The van der Waals surface area contributed by atoms with Crippen LogP contribution in [0.25, 0.3) is 11.4 Å². The molecule has 2 aliphatic heterocycles. The second kappa shape index (κ2) is 11.9. The highest BCUT2D eigenvalue weighted by molar-refractivity contribution is 5.91. The number of ketones is 1. The number of aromatic nitrogens is 3. The first kappa shape index (κ1) is 29.7. The normalized spacial score (nSPS) is 26.9. The van der Waals surface area contributed by atoms with E-state index < -0.39 is 22.9 Å². The lowest BCUT2D eigenvalue weighted by atomic mass is 9.76. The summed E-state index contributed by atoms with van der Waals surface area (Å²) < 4.78 is 39.6. The number of anilines is 1. The maximum absolute atomic E-state index is 14.0. The fourth-order valence-electron chi connectivity index (χ4n) is 6.90. The van der Waals surface area contributed by atoms with Crippen molar-refractivity contribution < 1.29 is 23.1 Å². The van der Waals surface area contributed by atoms with Gasteiger partial charge < -0.3 is 20.6 Å². The average molecular weight is 595 g/mol. The van der Waals surface area contributed by atoms with Crippen molar-refractivity contribution in [2.24, 2.45) is 5.92 Å². The molecule has 1 aliphatic carbocycles. The van der Waals surface area contributed by atoms with Crippen LogP contribution in [0.4, 0.5) is 18.9 Å². The van der Waals surface area contributed by atoms with E-state index in [1.807, 2.05) is 17.0 Å². The lowest BCUT2D eigenvalue weighted by Gasteiger charge is -2.42. The molecule has 0 amide bonds. The predicted molar refractivity (Wildman–Crippen MR) is 156 cm³/mol. The molecule has 0 spiro atoms. The second-order valence-corrected chi connectivity index (χ2v) is 12.1. The Balaban J connectivity index is 1.06. The highest BCUT2D eigenvalue weighted by atomic mass is 19.4. The minimum absolute atomic E-state index is 0.0892. The van der Waals surface area contributed by atoms with E-state index >= 15 is 0 Å². The minimum Gasteiger partial charge on any atom is -0.384 e. The van der Waals surface area contributed by atoms with Crippen molar-refractivity contribution in [1.29, 1.82) is 0 Å². The lowest BCUT2D eigenvalue weighted by molar-refractivity contribution is -0.137. The topological polar surface area (TPSA) is 103 Å². The van der Waals surface area contributed by atoms with E-state index in [-0.39, 0.29) is 17.7 Å². The van der Waals surface area contributed by atoms with Crippen LogP contribution >= 0.6 is 0 Å². The number of nitrogens with one attached hydrogen (secondary N) is 2. The molecule has 0 radical (unpaired) electrons. The van der Waals surface area contributed by atoms with Gasteiger partial charge in [0.15, 0.2) is 11.6 Å². The summed E-state index contributed by atoms with van der Waals surface area (Å²) in [6.45, 7) is 2.39. The van der Waals surface area contributed by atoms with Crippen molar-refractivity contribution >= 4 is 11.5 Å². The number of alkyl halides is 3. The van der Waals surface area contributed by atoms with Crippen LogP contribution < -0.4 is 15.5 Å². The van der Waals surface area contributed by atoms with Gasteiger partial charge in [-0.25, -0.2) is 9.97 Å². The number of carbonyl (C=O) groups is 1. The Morgan fingerprint density at radius 1 is 0.977 bits per heavy atom. The Labute approximate surface area is 249 Å². The van der Waals surface area contributed by atoms with Gasteiger partial charge in [0.2, 0.25) is 0 Å². The number of carbonyl (C=O) groups excluding carboxylic acids is 1. The number of hydrogen-bond donors (Lipinski definition) is 3. The molecule has 1 aromatic carbocycles. The summed E-state index contributed by atoms with van der Waals surface area (Å²) in [7, 11) is 0. The molecule has 2 saturated heterocycles. The molecule has 0 bridgehead atoms. The van der Waals surface area contributed by atoms with Gasteiger partial charge in [0.05, 0.1) is 16.8 Å². The first-order valence-electron chi connectivity index (χ1n) is 15.1. The highest BCUT2D eigenvalue weighted by Crippen LogP contribution is 2.39.